The van der Waals surface area contributed by atoms with E-state index in [9.17, 15) is 0 Å². The van der Waals surface area contributed by atoms with Crippen LogP contribution in [0.25, 0.3) is 11.0 Å². The van der Waals surface area contributed by atoms with Crippen molar-refractivity contribution in [1.29, 1.82) is 0 Å². The fourth-order valence-electron chi connectivity index (χ4n) is 3.15. The number of nitrogens with two attached hydrogens (primary N) is 1. The van der Waals surface area contributed by atoms with Gasteiger partial charge in [-0.2, -0.15) is 0 Å². The number of nitrogens with zero attached hydrogens (tertiary/aromatic N) is 1. The van der Waals surface area contributed by atoms with Crippen LogP contribution in [0.3, 0.4) is 0 Å². The second-order valence-electron chi connectivity index (χ2n) is 5.59. The van der Waals surface area contributed by atoms with E-state index in [2.05, 4.69) is 31.1 Å². The topological polar surface area (TPSA) is 42.4 Å². The lowest BCUT2D eigenvalue weighted by atomic mass is 9.73. The van der Waals surface area contributed by atoms with Crippen molar-refractivity contribution in [3.8, 4) is 0 Å². The Balaban J connectivity index is 1.99. The van der Waals surface area contributed by atoms with Crippen LogP contribution in [0.2, 0.25) is 0 Å². The highest BCUT2D eigenvalue weighted by Crippen LogP contribution is 2.42. The molecule has 1 aliphatic carbocycles. The predicted octanol–water partition coefficient (Wildman–Crippen LogP) is 2.77. The molecular formula is C15H20N2O. The van der Waals surface area contributed by atoms with Crippen molar-refractivity contribution >= 4 is 11.0 Å². The van der Waals surface area contributed by atoms with Crippen molar-refractivity contribution in [2.75, 3.05) is 14.1 Å². The molecule has 1 aliphatic rings. The molecule has 2 N–H and O–H groups in total. The number of para-hydroxylation sites is 1. The van der Waals surface area contributed by atoms with Gasteiger partial charge in [0.25, 0.3) is 0 Å². The summed E-state index contributed by atoms with van der Waals surface area (Å²) in [7, 11) is 4.27. The zero-order valence-electron chi connectivity index (χ0n) is 11.0. The zero-order chi connectivity index (χ0) is 12.7. The average Bonchev–Trinajstić information content (AvgIpc) is 2.71. The third-order valence-corrected chi connectivity index (χ3v) is 4.04. The van der Waals surface area contributed by atoms with Gasteiger partial charge >= 0.3 is 0 Å². The Morgan fingerprint density at radius 1 is 1.28 bits per heavy atom. The van der Waals surface area contributed by atoms with Gasteiger partial charge in [-0.1, -0.05) is 18.2 Å². The summed E-state index contributed by atoms with van der Waals surface area (Å²) in [6.45, 7) is 0. The van der Waals surface area contributed by atoms with Crippen LogP contribution >= 0.6 is 0 Å². The maximum Gasteiger partial charge on any atom is 0.134 e. The van der Waals surface area contributed by atoms with E-state index in [1.165, 1.54) is 10.9 Å². The van der Waals surface area contributed by atoms with E-state index in [1.54, 1.807) is 0 Å². The van der Waals surface area contributed by atoms with E-state index < -0.39 is 0 Å². The molecule has 1 aromatic carbocycles. The molecule has 2 aromatic rings. The first-order valence-corrected chi connectivity index (χ1v) is 6.55. The Bertz CT molecular complexity index is 540. The minimum absolute atomic E-state index is 0.385. The van der Waals surface area contributed by atoms with Gasteiger partial charge in [-0.25, -0.2) is 0 Å². The number of hydrogen-bond acceptors (Lipinski definition) is 3. The molecule has 0 amide bonds. The summed E-state index contributed by atoms with van der Waals surface area (Å²) in [4.78, 5) is 2.29. The van der Waals surface area contributed by atoms with E-state index >= 15 is 0 Å². The SMILES string of the molecule is CN(C)C(c1coc2ccccc12)C1CC(N)C1. The van der Waals surface area contributed by atoms with Crippen LogP contribution in [0.1, 0.15) is 24.4 Å². The quantitative estimate of drug-likeness (QED) is 0.902. The first kappa shape index (κ1) is 11.8. The molecule has 1 unspecified atom stereocenters. The minimum Gasteiger partial charge on any atom is -0.464 e. The third kappa shape index (κ3) is 1.84. The van der Waals surface area contributed by atoms with Crippen LogP contribution < -0.4 is 5.73 Å². The molecule has 3 heteroatoms. The molecule has 1 saturated carbocycles. The summed E-state index contributed by atoms with van der Waals surface area (Å²) in [6, 6.07) is 9.05. The lowest BCUT2D eigenvalue weighted by Gasteiger charge is -2.41. The maximum atomic E-state index is 5.93. The van der Waals surface area contributed by atoms with Crippen LogP contribution in [0, 0.1) is 5.92 Å². The summed E-state index contributed by atoms with van der Waals surface area (Å²) >= 11 is 0. The molecule has 3 nitrogen and oxygen atoms in total. The van der Waals surface area contributed by atoms with Crippen molar-refractivity contribution in [2.45, 2.75) is 24.9 Å². The Kier molecular flexibility index (Phi) is 2.88. The van der Waals surface area contributed by atoms with Gasteiger partial charge in [0.1, 0.15) is 5.58 Å². The van der Waals surface area contributed by atoms with Crippen molar-refractivity contribution in [3.05, 3.63) is 36.1 Å². The first-order chi connectivity index (χ1) is 8.66. The monoisotopic (exact) mass is 244 g/mol. The fraction of sp³-hybridized carbons (Fsp3) is 0.467. The number of rotatable bonds is 3. The van der Waals surface area contributed by atoms with Crippen LogP contribution in [0.5, 0.6) is 0 Å². The van der Waals surface area contributed by atoms with Crippen LogP contribution in [0.15, 0.2) is 34.9 Å². The van der Waals surface area contributed by atoms with E-state index in [-0.39, 0.29) is 0 Å². The molecule has 0 radical (unpaired) electrons. The van der Waals surface area contributed by atoms with Crippen molar-refractivity contribution < 1.29 is 4.42 Å². The summed E-state index contributed by atoms with van der Waals surface area (Å²) < 4.78 is 5.67. The summed E-state index contributed by atoms with van der Waals surface area (Å²) in [5.41, 5.74) is 8.20. The highest BCUT2D eigenvalue weighted by molar-refractivity contribution is 5.81. The number of fused-ring (bicyclic) bond motifs is 1. The highest BCUT2D eigenvalue weighted by atomic mass is 16.3. The molecule has 1 fully saturated rings. The Labute approximate surface area is 108 Å². The van der Waals surface area contributed by atoms with E-state index in [1.807, 2.05) is 18.4 Å². The summed E-state index contributed by atoms with van der Waals surface area (Å²) in [6.07, 6.45) is 4.14. The molecule has 18 heavy (non-hydrogen) atoms. The lowest BCUT2D eigenvalue weighted by Crippen LogP contribution is -2.43. The van der Waals surface area contributed by atoms with Crippen LogP contribution in [-0.4, -0.2) is 25.0 Å². The number of benzene rings is 1. The molecule has 3 rings (SSSR count). The van der Waals surface area contributed by atoms with Gasteiger partial charge in [0.15, 0.2) is 0 Å². The summed E-state index contributed by atoms with van der Waals surface area (Å²) in [5.74, 6) is 0.649. The van der Waals surface area contributed by atoms with E-state index in [0.717, 1.165) is 18.4 Å². The molecular weight excluding hydrogens is 224 g/mol. The standard InChI is InChI=1S/C15H20N2O/c1-17(2)15(10-7-11(16)8-10)13-9-18-14-6-4-3-5-12(13)14/h3-6,9-11,15H,7-8,16H2,1-2H3. The third-order valence-electron chi connectivity index (χ3n) is 4.04. The van der Waals surface area contributed by atoms with Gasteiger partial charge in [0.2, 0.25) is 0 Å². The number of hydrogen-bond donors (Lipinski definition) is 1. The molecule has 1 aromatic heterocycles. The van der Waals surface area contributed by atoms with Gasteiger partial charge in [0, 0.05) is 23.0 Å². The molecule has 0 aliphatic heterocycles. The molecule has 0 saturated heterocycles. The highest BCUT2D eigenvalue weighted by Gasteiger charge is 2.36. The Morgan fingerprint density at radius 2 is 2.00 bits per heavy atom. The van der Waals surface area contributed by atoms with Crippen molar-refractivity contribution in [1.82, 2.24) is 4.90 Å². The Hall–Kier alpha value is -1.32. The predicted molar refractivity (Wildman–Crippen MR) is 73.3 cm³/mol. The average molecular weight is 244 g/mol. The van der Waals surface area contributed by atoms with Gasteiger partial charge in [-0.15, -0.1) is 0 Å². The molecule has 1 atom stereocenters. The second kappa shape index (κ2) is 4.41. The maximum absolute atomic E-state index is 5.93. The fourth-order valence-corrected chi connectivity index (χ4v) is 3.15. The molecule has 0 spiro atoms. The Morgan fingerprint density at radius 3 is 2.67 bits per heavy atom. The van der Waals surface area contributed by atoms with Gasteiger partial charge in [-0.3, -0.25) is 0 Å². The molecule has 1 heterocycles. The largest absolute Gasteiger partial charge is 0.464 e. The second-order valence-corrected chi connectivity index (χ2v) is 5.59. The van der Waals surface area contributed by atoms with E-state index in [4.69, 9.17) is 10.2 Å². The van der Waals surface area contributed by atoms with Crippen molar-refractivity contribution in [3.63, 3.8) is 0 Å². The first-order valence-electron chi connectivity index (χ1n) is 6.55. The van der Waals surface area contributed by atoms with Crippen LogP contribution in [0.4, 0.5) is 0 Å². The summed E-state index contributed by atoms with van der Waals surface area (Å²) in [5, 5.41) is 1.23. The minimum atomic E-state index is 0.385. The smallest absolute Gasteiger partial charge is 0.134 e. The van der Waals surface area contributed by atoms with Gasteiger partial charge in [0.05, 0.1) is 6.26 Å². The molecule has 96 valence electrons. The van der Waals surface area contributed by atoms with Crippen LogP contribution in [-0.2, 0) is 0 Å². The normalized spacial score (nSPS) is 25.3. The van der Waals surface area contributed by atoms with Gasteiger partial charge < -0.3 is 15.1 Å². The van der Waals surface area contributed by atoms with Gasteiger partial charge in [-0.05, 0) is 38.9 Å². The zero-order valence-corrected chi connectivity index (χ0v) is 11.0. The lowest BCUT2D eigenvalue weighted by molar-refractivity contribution is 0.123. The molecule has 0 bridgehead atoms. The number of furan rings is 1. The van der Waals surface area contributed by atoms with Crippen molar-refractivity contribution in [2.24, 2.45) is 11.7 Å². The van der Waals surface area contributed by atoms with E-state index in [0.29, 0.717) is 18.0 Å².